The van der Waals surface area contributed by atoms with Gasteiger partial charge in [0.1, 0.15) is 17.9 Å². The zero-order valence-electron chi connectivity index (χ0n) is 15.8. The molecule has 0 unspecified atom stereocenters. The lowest BCUT2D eigenvalue weighted by Crippen LogP contribution is -2.32. The molecule has 0 atom stereocenters. The van der Waals surface area contributed by atoms with Crippen molar-refractivity contribution in [1.29, 1.82) is 0 Å². The van der Waals surface area contributed by atoms with Gasteiger partial charge in [-0.25, -0.2) is 4.39 Å². The summed E-state index contributed by atoms with van der Waals surface area (Å²) in [5, 5.41) is 6.63. The van der Waals surface area contributed by atoms with Crippen molar-refractivity contribution in [2.75, 3.05) is 0 Å². The molecule has 150 valence electrons. The van der Waals surface area contributed by atoms with Crippen LogP contribution < -0.4 is 10.9 Å². The molecule has 0 saturated heterocycles. The monoisotopic (exact) mass is 404 g/mol. The van der Waals surface area contributed by atoms with E-state index in [2.05, 4.69) is 15.5 Å². The van der Waals surface area contributed by atoms with E-state index in [0.29, 0.717) is 12.1 Å². The minimum Gasteiger partial charge on any atom is -0.350 e. The number of nitrogens with zero attached hydrogens (tertiary/aromatic N) is 3. The van der Waals surface area contributed by atoms with E-state index < -0.39 is 5.56 Å². The van der Waals surface area contributed by atoms with E-state index in [1.54, 1.807) is 12.1 Å². The number of rotatable bonds is 6. The molecule has 8 heteroatoms. The van der Waals surface area contributed by atoms with Crippen LogP contribution in [0.15, 0.2) is 82.2 Å². The van der Waals surface area contributed by atoms with Crippen LogP contribution in [0.3, 0.4) is 0 Å². The van der Waals surface area contributed by atoms with Crippen molar-refractivity contribution in [2.45, 2.75) is 13.1 Å². The van der Waals surface area contributed by atoms with E-state index >= 15 is 0 Å². The average Bonchev–Trinajstić information content (AvgIpc) is 3.25. The van der Waals surface area contributed by atoms with Crippen molar-refractivity contribution in [3.05, 3.63) is 94.7 Å². The predicted octanol–water partition coefficient (Wildman–Crippen LogP) is 3.02. The molecule has 0 aliphatic rings. The van der Waals surface area contributed by atoms with E-state index in [0.717, 1.165) is 5.56 Å². The maximum Gasteiger partial charge on any atom is 0.263 e. The molecular weight excluding hydrogens is 387 g/mol. The number of pyridine rings is 1. The molecule has 4 rings (SSSR count). The molecule has 0 spiro atoms. The van der Waals surface area contributed by atoms with E-state index in [9.17, 15) is 14.0 Å². The number of carbonyl (C=O) groups is 1. The minimum absolute atomic E-state index is 0.0263. The number of nitrogens with one attached hydrogen (secondary N) is 1. The van der Waals surface area contributed by atoms with Crippen molar-refractivity contribution in [3.63, 3.8) is 0 Å². The molecule has 2 aromatic heterocycles. The summed E-state index contributed by atoms with van der Waals surface area (Å²) in [6, 6.07) is 18.3. The second-order valence-electron chi connectivity index (χ2n) is 6.55. The first-order valence-electron chi connectivity index (χ1n) is 9.20. The third-order valence-corrected chi connectivity index (χ3v) is 4.43. The number of halogens is 1. The second-order valence-corrected chi connectivity index (χ2v) is 6.55. The Kier molecular flexibility index (Phi) is 5.47. The van der Waals surface area contributed by atoms with Crippen LogP contribution in [0.5, 0.6) is 0 Å². The Morgan fingerprint density at radius 3 is 2.57 bits per heavy atom. The van der Waals surface area contributed by atoms with Gasteiger partial charge in [-0.15, -0.1) is 0 Å². The summed E-state index contributed by atoms with van der Waals surface area (Å²) < 4.78 is 19.6. The van der Waals surface area contributed by atoms with Gasteiger partial charge < -0.3 is 14.4 Å². The van der Waals surface area contributed by atoms with Crippen LogP contribution >= 0.6 is 0 Å². The topological polar surface area (TPSA) is 90.0 Å². The van der Waals surface area contributed by atoms with E-state index in [1.165, 1.54) is 35.0 Å². The summed E-state index contributed by atoms with van der Waals surface area (Å²) in [6.45, 7) is 0.233. The summed E-state index contributed by atoms with van der Waals surface area (Å²) in [6.07, 6.45) is 1.52. The summed E-state index contributed by atoms with van der Waals surface area (Å²) in [5.74, 6) is -0.409. The van der Waals surface area contributed by atoms with Crippen LogP contribution in [0.4, 0.5) is 4.39 Å². The van der Waals surface area contributed by atoms with Crippen LogP contribution in [-0.4, -0.2) is 20.6 Å². The summed E-state index contributed by atoms with van der Waals surface area (Å²) in [7, 11) is 0. The summed E-state index contributed by atoms with van der Waals surface area (Å²) in [4.78, 5) is 29.2. The highest BCUT2D eigenvalue weighted by Gasteiger charge is 2.16. The zero-order chi connectivity index (χ0) is 20.9. The maximum absolute atomic E-state index is 13.1. The molecule has 0 fully saturated rings. The largest absolute Gasteiger partial charge is 0.350 e. The highest BCUT2D eigenvalue weighted by Crippen LogP contribution is 2.20. The number of carbonyl (C=O) groups excluding carboxylic acids is 1. The predicted molar refractivity (Wildman–Crippen MR) is 108 cm³/mol. The normalized spacial score (nSPS) is 10.7. The lowest BCUT2D eigenvalue weighted by molar-refractivity contribution is -0.121. The third-order valence-electron chi connectivity index (χ3n) is 4.43. The smallest absolute Gasteiger partial charge is 0.263 e. The van der Waals surface area contributed by atoms with Gasteiger partial charge in [-0.3, -0.25) is 9.59 Å². The molecule has 0 radical (unpaired) electrons. The Balaban J connectivity index is 1.50. The first-order valence-corrected chi connectivity index (χ1v) is 9.20. The van der Waals surface area contributed by atoms with Gasteiger partial charge in [-0.2, -0.15) is 4.98 Å². The molecule has 30 heavy (non-hydrogen) atoms. The van der Waals surface area contributed by atoms with Gasteiger partial charge in [0.2, 0.25) is 11.7 Å². The molecule has 2 heterocycles. The molecule has 0 aliphatic heterocycles. The highest BCUT2D eigenvalue weighted by atomic mass is 19.1. The van der Waals surface area contributed by atoms with Gasteiger partial charge in [-0.05, 0) is 42.0 Å². The first kappa shape index (κ1) is 19.3. The molecule has 0 aliphatic carbocycles. The maximum atomic E-state index is 13.1. The number of benzene rings is 2. The molecule has 4 aromatic rings. The lowest BCUT2D eigenvalue weighted by atomic mass is 10.2. The lowest BCUT2D eigenvalue weighted by Gasteiger charge is -2.08. The van der Waals surface area contributed by atoms with Gasteiger partial charge >= 0.3 is 0 Å². The molecule has 0 bridgehead atoms. The van der Waals surface area contributed by atoms with E-state index in [1.807, 2.05) is 30.3 Å². The molecule has 7 nitrogen and oxygen atoms in total. The van der Waals surface area contributed by atoms with Crippen molar-refractivity contribution >= 4 is 5.91 Å². The van der Waals surface area contributed by atoms with Crippen molar-refractivity contribution in [3.8, 4) is 22.8 Å². The molecular formula is C22H17FN4O3. The molecule has 1 N–H and O–H groups in total. The molecule has 0 saturated carbocycles. The summed E-state index contributed by atoms with van der Waals surface area (Å²) >= 11 is 0. The van der Waals surface area contributed by atoms with Gasteiger partial charge in [0, 0.05) is 18.3 Å². The van der Waals surface area contributed by atoms with E-state index in [4.69, 9.17) is 4.52 Å². The second kappa shape index (κ2) is 8.52. The van der Waals surface area contributed by atoms with Gasteiger partial charge in [0.25, 0.3) is 11.4 Å². The fourth-order valence-corrected chi connectivity index (χ4v) is 2.88. The average molecular weight is 404 g/mol. The van der Waals surface area contributed by atoms with Crippen molar-refractivity contribution in [1.82, 2.24) is 20.0 Å². The summed E-state index contributed by atoms with van der Waals surface area (Å²) in [5.41, 5.74) is 1.27. The fourth-order valence-electron chi connectivity index (χ4n) is 2.88. The van der Waals surface area contributed by atoms with Crippen LogP contribution in [0.25, 0.3) is 22.8 Å². The van der Waals surface area contributed by atoms with E-state index in [-0.39, 0.29) is 35.5 Å². The van der Waals surface area contributed by atoms with Gasteiger partial charge in [0.15, 0.2) is 0 Å². The van der Waals surface area contributed by atoms with Crippen molar-refractivity contribution < 1.29 is 13.7 Å². The Hall–Kier alpha value is -4.07. The fraction of sp³-hybridized carbons (Fsp3) is 0.0909. The molecule has 1 amide bonds. The number of aromatic nitrogens is 3. The Bertz CT molecular complexity index is 1220. The Labute approximate surface area is 170 Å². The third kappa shape index (κ3) is 4.33. The zero-order valence-corrected chi connectivity index (χ0v) is 15.8. The number of hydrogen-bond donors (Lipinski definition) is 1. The van der Waals surface area contributed by atoms with Gasteiger partial charge in [-0.1, -0.05) is 35.5 Å². The van der Waals surface area contributed by atoms with Gasteiger partial charge in [0.05, 0.1) is 0 Å². The van der Waals surface area contributed by atoms with Crippen LogP contribution in [0, 0.1) is 5.82 Å². The Morgan fingerprint density at radius 1 is 1.03 bits per heavy atom. The highest BCUT2D eigenvalue weighted by molar-refractivity contribution is 5.75. The number of hydrogen-bond acceptors (Lipinski definition) is 5. The standard InChI is InChI=1S/C22H17FN4O3/c23-17-10-8-16(9-11-17)20-25-21(30-26-20)18-7-4-12-27(22(18)29)14-19(28)24-13-15-5-2-1-3-6-15/h1-12H,13-14H2,(H,24,28). The van der Waals surface area contributed by atoms with Crippen LogP contribution in [0.2, 0.25) is 0 Å². The number of amides is 1. The Morgan fingerprint density at radius 2 is 1.80 bits per heavy atom. The minimum atomic E-state index is -0.429. The molecule has 2 aromatic carbocycles. The van der Waals surface area contributed by atoms with Crippen LogP contribution in [-0.2, 0) is 17.9 Å². The van der Waals surface area contributed by atoms with Crippen LogP contribution in [0.1, 0.15) is 5.56 Å². The SMILES string of the molecule is O=C(Cn1cccc(-c2nc(-c3ccc(F)cc3)no2)c1=O)NCc1ccccc1. The van der Waals surface area contributed by atoms with Crippen molar-refractivity contribution in [2.24, 2.45) is 0 Å². The first-order chi connectivity index (χ1) is 14.6. The quantitative estimate of drug-likeness (QED) is 0.534.